The van der Waals surface area contributed by atoms with Crippen molar-refractivity contribution < 1.29 is 28.3 Å². The van der Waals surface area contributed by atoms with Crippen LogP contribution in [-0.2, 0) is 23.9 Å². The number of carbonyl (C=O) groups is 3. The van der Waals surface area contributed by atoms with E-state index in [2.05, 4.69) is 67.8 Å². The number of ether oxygens (including phenoxy) is 2. The van der Waals surface area contributed by atoms with E-state index in [0.717, 1.165) is 64.2 Å². The second-order valence-corrected chi connectivity index (χ2v) is 15.4. The first-order valence-electron chi connectivity index (χ1n) is 21.2. The summed E-state index contributed by atoms with van der Waals surface area (Å²) in [6.07, 6.45) is 44.5. The predicted octanol–water partition coefficient (Wildman–Crippen LogP) is 11.3. The number of amides is 1. The second-order valence-electron chi connectivity index (χ2n) is 15.4. The van der Waals surface area contributed by atoms with Gasteiger partial charge < -0.3 is 19.3 Å². The first kappa shape index (κ1) is 49.3. The van der Waals surface area contributed by atoms with Gasteiger partial charge in [-0.05, 0) is 70.6 Å². The van der Waals surface area contributed by atoms with E-state index in [4.69, 9.17) is 9.47 Å². The number of quaternary nitrogens is 1. The highest BCUT2D eigenvalue weighted by Crippen LogP contribution is 2.11. The van der Waals surface area contributed by atoms with Crippen molar-refractivity contribution in [2.75, 3.05) is 40.9 Å². The molecule has 7 nitrogen and oxygen atoms in total. The molecule has 0 bridgehead atoms. The molecule has 0 saturated carbocycles. The number of esters is 2. The Morgan fingerprint density at radius 1 is 0.500 bits per heavy atom. The molecular weight excluding hydrogens is 649 g/mol. The number of allylic oxidation sites excluding steroid dienone is 8. The lowest BCUT2D eigenvalue weighted by molar-refractivity contribution is -0.862. The lowest BCUT2D eigenvalue weighted by Gasteiger charge is -2.25. The van der Waals surface area contributed by atoms with Gasteiger partial charge in [0.05, 0.1) is 47.2 Å². The molecule has 0 saturated heterocycles. The Hall–Kier alpha value is -2.67. The van der Waals surface area contributed by atoms with E-state index >= 15 is 0 Å². The van der Waals surface area contributed by atoms with Crippen LogP contribution in [0.5, 0.6) is 0 Å². The third kappa shape index (κ3) is 38.6. The molecular formula is C45H81N2O5+. The Balaban J connectivity index is 4.15. The van der Waals surface area contributed by atoms with Crippen molar-refractivity contribution in [2.24, 2.45) is 0 Å². The summed E-state index contributed by atoms with van der Waals surface area (Å²) in [6, 6.07) is -0.638. The van der Waals surface area contributed by atoms with Crippen molar-refractivity contribution in [3.63, 3.8) is 0 Å². The molecule has 52 heavy (non-hydrogen) atoms. The Labute approximate surface area is 320 Å². The van der Waals surface area contributed by atoms with E-state index in [-0.39, 0.29) is 37.2 Å². The number of carbonyl (C=O) groups excluding carboxylic acids is 3. The van der Waals surface area contributed by atoms with Crippen LogP contribution in [0.2, 0.25) is 0 Å². The van der Waals surface area contributed by atoms with Crippen LogP contribution in [0.15, 0.2) is 48.6 Å². The van der Waals surface area contributed by atoms with E-state index in [1.54, 1.807) is 0 Å². The molecule has 0 aliphatic rings. The summed E-state index contributed by atoms with van der Waals surface area (Å²) in [5, 5.41) is 2.88. The van der Waals surface area contributed by atoms with E-state index in [1.165, 1.54) is 83.5 Å². The Bertz CT molecular complexity index is 979. The van der Waals surface area contributed by atoms with Gasteiger partial charge in [0.15, 0.2) is 6.54 Å². The van der Waals surface area contributed by atoms with Crippen LogP contribution in [-0.4, -0.2) is 69.3 Å². The Morgan fingerprint density at radius 3 is 1.27 bits per heavy atom. The molecule has 1 atom stereocenters. The van der Waals surface area contributed by atoms with Gasteiger partial charge in [-0.15, -0.1) is 0 Å². The third-order valence-corrected chi connectivity index (χ3v) is 8.78. The summed E-state index contributed by atoms with van der Waals surface area (Å²) in [5.74, 6) is -0.973. The highest BCUT2D eigenvalue weighted by molar-refractivity contribution is 5.80. The van der Waals surface area contributed by atoms with Gasteiger partial charge in [0.1, 0.15) is 0 Å². The molecule has 0 aliphatic carbocycles. The van der Waals surface area contributed by atoms with E-state index < -0.39 is 6.04 Å². The molecule has 1 N–H and O–H groups in total. The average molecular weight is 730 g/mol. The summed E-state index contributed by atoms with van der Waals surface area (Å²) < 4.78 is 11.4. The fraction of sp³-hybridized carbons (Fsp3) is 0.756. The first-order chi connectivity index (χ1) is 25.2. The molecule has 0 fully saturated rings. The average Bonchev–Trinajstić information content (AvgIpc) is 3.08. The molecule has 0 heterocycles. The van der Waals surface area contributed by atoms with Crippen LogP contribution in [0.25, 0.3) is 0 Å². The molecule has 0 aromatic rings. The van der Waals surface area contributed by atoms with Gasteiger partial charge in [0.25, 0.3) is 5.91 Å². The number of rotatable bonds is 36. The highest BCUT2D eigenvalue weighted by atomic mass is 16.5. The standard InChI is InChI=1S/C45H80N2O5/c1-6-8-10-12-14-16-18-20-22-24-26-28-30-32-34-36-38-52-45(50)40-42(46-43(48)41-47(3,4)5)39-44(49)51-37-35-33-31-29-27-25-23-21-19-17-15-13-11-9-7-2/h13-16,19-22,42H,6-12,17-18,23-41H2,1-5H3/p+1. The van der Waals surface area contributed by atoms with Gasteiger partial charge in [-0.3, -0.25) is 14.4 Å². The quantitative estimate of drug-likeness (QED) is 0.0300. The maximum atomic E-state index is 12.6. The third-order valence-electron chi connectivity index (χ3n) is 8.78. The van der Waals surface area contributed by atoms with Crippen LogP contribution < -0.4 is 5.32 Å². The molecule has 0 spiro atoms. The number of hydrogen-bond acceptors (Lipinski definition) is 5. The summed E-state index contributed by atoms with van der Waals surface area (Å²) in [6.45, 7) is 5.44. The smallest absolute Gasteiger partial charge is 0.307 e. The molecule has 7 heteroatoms. The zero-order valence-corrected chi connectivity index (χ0v) is 34.5. The number of hydrogen-bond donors (Lipinski definition) is 1. The maximum absolute atomic E-state index is 12.6. The van der Waals surface area contributed by atoms with Crippen molar-refractivity contribution in [3.05, 3.63) is 48.6 Å². The largest absolute Gasteiger partial charge is 0.466 e. The van der Waals surface area contributed by atoms with Crippen molar-refractivity contribution in [3.8, 4) is 0 Å². The molecule has 0 aromatic heterocycles. The minimum absolute atomic E-state index is 0.0367. The van der Waals surface area contributed by atoms with Gasteiger partial charge in [-0.2, -0.15) is 0 Å². The molecule has 300 valence electrons. The molecule has 0 aliphatic heterocycles. The van der Waals surface area contributed by atoms with E-state index in [0.29, 0.717) is 17.7 Å². The van der Waals surface area contributed by atoms with Crippen molar-refractivity contribution >= 4 is 17.8 Å². The predicted molar refractivity (Wildman–Crippen MR) is 220 cm³/mol. The molecule has 1 amide bonds. The van der Waals surface area contributed by atoms with Gasteiger partial charge in [0.2, 0.25) is 0 Å². The van der Waals surface area contributed by atoms with E-state index in [9.17, 15) is 14.4 Å². The zero-order chi connectivity index (χ0) is 38.4. The van der Waals surface area contributed by atoms with Gasteiger partial charge >= 0.3 is 11.9 Å². The molecule has 0 rings (SSSR count). The van der Waals surface area contributed by atoms with Crippen LogP contribution in [0.1, 0.15) is 174 Å². The molecule has 1 unspecified atom stereocenters. The van der Waals surface area contributed by atoms with Crippen molar-refractivity contribution in [1.82, 2.24) is 5.32 Å². The number of nitrogens with one attached hydrogen (secondary N) is 1. The molecule has 0 aromatic carbocycles. The monoisotopic (exact) mass is 730 g/mol. The normalized spacial score (nSPS) is 12.8. The fourth-order valence-electron chi connectivity index (χ4n) is 5.76. The van der Waals surface area contributed by atoms with Crippen LogP contribution in [0, 0.1) is 0 Å². The van der Waals surface area contributed by atoms with Gasteiger partial charge in [-0.25, -0.2) is 0 Å². The lowest BCUT2D eigenvalue weighted by atomic mass is 10.1. The minimum Gasteiger partial charge on any atom is -0.466 e. The van der Waals surface area contributed by atoms with Crippen molar-refractivity contribution in [1.29, 1.82) is 0 Å². The fourth-order valence-corrected chi connectivity index (χ4v) is 5.76. The maximum Gasteiger partial charge on any atom is 0.307 e. The number of likely N-dealkylation sites (N-methyl/N-ethyl adjacent to an activating group) is 1. The lowest BCUT2D eigenvalue weighted by Crippen LogP contribution is -2.48. The SMILES string of the molecule is CCCCC=CCC=CCCCCCCCCOC(=O)CC(CC(=O)OCCCCCCCCC=CCC=CCCCCC)NC(=O)C[N+](C)(C)C. The van der Waals surface area contributed by atoms with Crippen LogP contribution in [0.4, 0.5) is 0 Å². The topological polar surface area (TPSA) is 81.7 Å². The summed E-state index contributed by atoms with van der Waals surface area (Å²) in [5.41, 5.74) is 0. The minimum atomic E-state index is -0.638. The summed E-state index contributed by atoms with van der Waals surface area (Å²) >= 11 is 0. The van der Waals surface area contributed by atoms with Gasteiger partial charge in [-0.1, -0.05) is 140 Å². The zero-order valence-electron chi connectivity index (χ0n) is 34.5. The summed E-state index contributed by atoms with van der Waals surface area (Å²) in [7, 11) is 5.78. The van der Waals surface area contributed by atoms with Crippen LogP contribution in [0.3, 0.4) is 0 Å². The second kappa shape index (κ2) is 36.7. The Morgan fingerprint density at radius 2 is 0.865 bits per heavy atom. The number of unbranched alkanes of at least 4 members (excludes halogenated alkanes) is 17. The summed E-state index contributed by atoms with van der Waals surface area (Å²) in [4.78, 5) is 37.9. The highest BCUT2D eigenvalue weighted by Gasteiger charge is 2.24. The Kier molecular flexibility index (Phi) is 34.8. The van der Waals surface area contributed by atoms with Crippen molar-refractivity contribution in [2.45, 2.75) is 180 Å². The van der Waals surface area contributed by atoms with Crippen LogP contribution >= 0.6 is 0 Å². The van der Waals surface area contributed by atoms with E-state index in [1.807, 2.05) is 21.1 Å². The molecule has 0 radical (unpaired) electrons. The first-order valence-corrected chi connectivity index (χ1v) is 21.2. The number of nitrogens with zero attached hydrogens (tertiary/aromatic N) is 1. The van der Waals surface area contributed by atoms with Gasteiger partial charge in [0, 0.05) is 6.04 Å².